The van der Waals surface area contributed by atoms with Crippen molar-refractivity contribution in [1.29, 1.82) is 5.26 Å². The first-order chi connectivity index (χ1) is 13.8. The third kappa shape index (κ3) is 2.31. The molecule has 2 heteroatoms. The van der Waals surface area contributed by atoms with Crippen molar-refractivity contribution < 1.29 is 4.79 Å². The van der Waals surface area contributed by atoms with Crippen LogP contribution in [0.1, 0.15) is 32.6 Å². The first kappa shape index (κ1) is 16.2. The van der Waals surface area contributed by atoms with Gasteiger partial charge in [-0.15, -0.1) is 0 Å². The molecule has 0 amide bonds. The van der Waals surface area contributed by atoms with Crippen molar-refractivity contribution in [2.75, 3.05) is 0 Å². The van der Waals surface area contributed by atoms with E-state index in [4.69, 9.17) is 0 Å². The number of ketones is 1. The summed E-state index contributed by atoms with van der Waals surface area (Å²) < 4.78 is 0. The highest BCUT2D eigenvalue weighted by Crippen LogP contribution is 2.42. The predicted molar refractivity (Wildman–Crippen MR) is 112 cm³/mol. The molecule has 2 nitrogen and oxygen atoms in total. The Morgan fingerprint density at radius 2 is 1.36 bits per heavy atom. The molecule has 1 aliphatic carbocycles. The van der Waals surface area contributed by atoms with E-state index in [0.29, 0.717) is 16.7 Å². The molecule has 4 aromatic rings. The molecule has 0 bridgehead atoms. The zero-order valence-corrected chi connectivity index (χ0v) is 15.0. The zero-order chi connectivity index (χ0) is 19.1. The molecule has 0 fully saturated rings. The standard InChI is InChI=1S/C26H15NO/c27-16-23(17-8-2-1-3-9-17)24-20-12-6-7-13-21(20)26(28)25-19-11-5-4-10-18(19)14-15-22(24)25/h1-15H. The van der Waals surface area contributed by atoms with E-state index in [1.54, 1.807) is 0 Å². The number of carbonyl (C=O) groups excluding carboxylic acids is 1. The number of nitrogens with zero attached hydrogens (tertiary/aromatic N) is 1. The summed E-state index contributed by atoms with van der Waals surface area (Å²) in [5, 5.41) is 12.0. The van der Waals surface area contributed by atoms with Crippen LogP contribution in [-0.4, -0.2) is 5.78 Å². The Bertz CT molecular complexity index is 1320. The van der Waals surface area contributed by atoms with Gasteiger partial charge in [0.05, 0.1) is 5.57 Å². The Labute approximate surface area is 163 Å². The summed E-state index contributed by atoms with van der Waals surface area (Å²) in [5.74, 6) is 0.0106. The first-order valence-electron chi connectivity index (χ1n) is 9.15. The van der Waals surface area contributed by atoms with Gasteiger partial charge in [-0.3, -0.25) is 4.79 Å². The highest BCUT2D eigenvalue weighted by Gasteiger charge is 2.30. The lowest BCUT2D eigenvalue weighted by Crippen LogP contribution is -2.16. The highest BCUT2D eigenvalue weighted by molar-refractivity contribution is 6.27. The second-order valence-corrected chi connectivity index (χ2v) is 6.81. The second-order valence-electron chi connectivity index (χ2n) is 6.81. The second kappa shape index (κ2) is 6.33. The largest absolute Gasteiger partial charge is 0.289 e. The maximum atomic E-state index is 13.4. The monoisotopic (exact) mass is 357 g/mol. The average Bonchev–Trinajstić information content (AvgIpc) is 2.76. The number of allylic oxidation sites excluding steroid dienone is 1. The van der Waals surface area contributed by atoms with Gasteiger partial charge >= 0.3 is 0 Å². The fourth-order valence-corrected chi connectivity index (χ4v) is 4.04. The average molecular weight is 357 g/mol. The molecule has 0 N–H and O–H groups in total. The van der Waals surface area contributed by atoms with Gasteiger partial charge in [-0.05, 0) is 27.5 Å². The summed E-state index contributed by atoms with van der Waals surface area (Å²) in [4.78, 5) is 13.4. The van der Waals surface area contributed by atoms with Gasteiger partial charge in [0.15, 0.2) is 5.78 Å². The Hall–Kier alpha value is -3.96. The fourth-order valence-electron chi connectivity index (χ4n) is 4.04. The van der Waals surface area contributed by atoms with E-state index < -0.39 is 0 Å². The van der Waals surface area contributed by atoms with Crippen molar-refractivity contribution in [2.45, 2.75) is 0 Å². The smallest absolute Gasteiger partial charge is 0.194 e. The molecule has 0 heterocycles. The van der Waals surface area contributed by atoms with Gasteiger partial charge in [0.25, 0.3) is 0 Å². The van der Waals surface area contributed by atoms with Gasteiger partial charge < -0.3 is 0 Å². The molecule has 4 aromatic carbocycles. The third-order valence-electron chi connectivity index (χ3n) is 5.29. The molecular weight excluding hydrogens is 342 g/mol. The number of fused-ring (bicyclic) bond motifs is 4. The Morgan fingerprint density at radius 1 is 0.679 bits per heavy atom. The van der Waals surface area contributed by atoms with Crippen LogP contribution in [0.2, 0.25) is 0 Å². The van der Waals surface area contributed by atoms with E-state index in [1.807, 2.05) is 91.0 Å². The molecular formula is C26H15NO. The van der Waals surface area contributed by atoms with Crippen LogP contribution in [0.25, 0.3) is 21.9 Å². The summed E-state index contributed by atoms with van der Waals surface area (Å²) in [6.07, 6.45) is 0. The van der Waals surface area contributed by atoms with E-state index in [2.05, 4.69) is 6.07 Å². The molecule has 0 atom stereocenters. The summed E-state index contributed by atoms with van der Waals surface area (Å²) in [6.45, 7) is 0. The minimum Gasteiger partial charge on any atom is -0.289 e. The van der Waals surface area contributed by atoms with Gasteiger partial charge in [0, 0.05) is 16.7 Å². The van der Waals surface area contributed by atoms with Crippen LogP contribution in [-0.2, 0) is 0 Å². The zero-order valence-electron chi connectivity index (χ0n) is 15.0. The number of benzene rings is 4. The third-order valence-corrected chi connectivity index (χ3v) is 5.29. The minimum absolute atomic E-state index is 0.0106. The van der Waals surface area contributed by atoms with Crippen molar-refractivity contribution in [2.24, 2.45) is 0 Å². The number of hydrogen-bond acceptors (Lipinski definition) is 2. The Balaban J connectivity index is 1.96. The molecule has 0 aromatic heterocycles. The molecule has 0 unspecified atom stereocenters. The highest BCUT2D eigenvalue weighted by atomic mass is 16.1. The van der Waals surface area contributed by atoms with Gasteiger partial charge in [-0.25, -0.2) is 0 Å². The maximum Gasteiger partial charge on any atom is 0.194 e. The normalized spacial score (nSPS) is 14.2. The topological polar surface area (TPSA) is 40.9 Å². The van der Waals surface area contributed by atoms with E-state index in [1.165, 1.54) is 0 Å². The number of nitriles is 1. The Kier molecular flexibility index (Phi) is 3.67. The molecule has 0 radical (unpaired) electrons. The molecule has 0 spiro atoms. The van der Waals surface area contributed by atoms with E-state index >= 15 is 0 Å². The maximum absolute atomic E-state index is 13.4. The number of carbonyl (C=O) groups is 1. The molecule has 130 valence electrons. The summed E-state index contributed by atoms with van der Waals surface area (Å²) in [5.41, 5.74) is 5.21. The van der Waals surface area contributed by atoms with Gasteiger partial charge in [0.2, 0.25) is 0 Å². The first-order valence-corrected chi connectivity index (χ1v) is 9.15. The Morgan fingerprint density at radius 3 is 2.14 bits per heavy atom. The van der Waals surface area contributed by atoms with Crippen LogP contribution in [0, 0.1) is 11.3 Å². The van der Waals surface area contributed by atoms with Crippen molar-refractivity contribution >= 4 is 27.7 Å². The molecule has 1 aliphatic rings. The lowest BCUT2D eigenvalue weighted by molar-refractivity contribution is 0.103. The van der Waals surface area contributed by atoms with E-state index in [0.717, 1.165) is 33.0 Å². The molecule has 0 aliphatic heterocycles. The van der Waals surface area contributed by atoms with Crippen LogP contribution >= 0.6 is 0 Å². The van der Waals surface area contributed by atoms with Crippen LogP contribution in [0.3, 0.4) is 0 Å². The molecule has 28 heavy (non-hydrogen) atoms. The van der Waals surface area contributed by atoms with Crippen molar-refractivity contribution in [3.63, 3.8) is 0 Å². The predicted octanol–water partition coefficient (Wildman–Crippen LogP) is 5.87. The summed E-state index contributed by atoms with van der Waals surface area (Å²) in [6, 6.07) is 31.5. The molecule has 0 saturated carbocycles. The fraction of sp³-hybridized carbons (Fsp3) is 0. The van der Waals surface area contributed by atoms with Crippen LogP contribution in [0.5, 0.6) is 0 Å². The van der Waals surface area contributed by atoms with Gasteiger partial charge in [-0.1, -0.05) is 91.0 Å². The number of hydrogen-bond donors (Lipinski definition) is 0. The minimum atomic E-state index is 0.0106. The SMILES string of the molecule is N#CC(=C1c2ccccc2C(=O)c2c1ccc1ccccc21)c1ccccc1. The lowest BCUT2D eigenvalue weighted by atomic mass is 9.77. The quantitative estimate of drug-likeness (QED) is 0.352. The summed E-state index contributed by atoms with van der Waals surface area (Å²) in [7, 11) is 0. The van der Waals surface area contributed by atoms with Crippen molar-refractivity contribution in [3.8, 4) is 6.07 Å². The molecule has 5 rings (SSSR count). The number of rotatable bonds is 1. The van der Waals surface area contributed by atoms with Gasteiger partial charge in [0.1, 0.15) is 6.07 Å². The van der Waals surface area contributed by atoms with E-state index in [-0.39, 0.29) is 5.78 Å². The van der Waals surface area contributed by atoms with Crippen LogP contribution in [0.15, 0.2) is 91.0 Å². The van der Waals surface area contributed by atoms with Crippen molar-refractivity contribution in [3.05, 3.63) is 119 Å². The van der Waals surface area contributed by atoms with E-state index in [9.17, 15) is 10.1 Å². The summed E-state index contributed by atoms with van der Waals surface area (Å²) >= 11 is 0. The molecule has 0 saturated heterocycles. The lowest BCUT2D eigenvalue weighted by Gasteiger charge is -2.24. The van der Waals surface area contributed by atoms with Gasteiger partial charge in [-0.2, -0.15) is 5.26 Å². The van der Waals surface area contributed by atoms with Crippen LogP contribution in [0.4, 0.5) is 0 Å². The van der Waals surface area contributed by atoms with Crippen LogP contribution < -0.4 is 0 Å². The van der Waals surface area contributed by atoms with Crippen molar-refractivity contribution in [1.82, 2.24) is 0 Å².